The molecule has 0 saturated heterocycles. The third-order valence-corrected chi connectivity index (χ3v) is 3.87. The molecule has 1 saturated carbocycles. The van der Waals surface area contributed by atoms with E-state index in [0.29, 0.717) is 11.4 Å². The number of rotatable bonds is 2. The first-order valence-electron chi connectivity index (χ1n) is 6.15. The van der Waals surface area contributed by atoms with E-state index in [-0.39, 0.29) is 0 Å². The summed E-state index contributed by atoms with van der Waals surface area (Å²) in [6.07, 6.45) is 8.35. The van der Waals surface area contributed by atoms with Gasteiger partial charge in [-0.25, -0.2) is 4.98 Å². The van der Waals surface area contributed by atoms with Crippen molar-refractivity contribution in [3.05, 3.63) is 30.6 Å². The van der Waals surface area contributed by atoms with Gasteiger partial charge in [0.2, 0.25) is 0 Å². The second kappa shape index (κ2) is 4.57. The Hall–Kier alpha value is -1.22. The molecule has 0 aromatic carbocycles. The first-order chi connectivity index (χ1) is 8.33. The molecule has 1 fully saturated rings. The second-order valence-corrected chi connectivity index (χ2v) is 5.28. The summed E-state index contributed by atoms with van der Waals surface area (Å²) >= 11 is 6.12. The molecule has 1 aliphatic carbocycles. The smallest absolute Gasteiger partial charge is 0.138 e. The average Bonchev–Trinajstić information content (AvgIpc) is 2.81. The van der Waals surface area contributed by atoms with Crippen LogP contribution in [0.5, 0.6) is 0 Å². The van der Waals surface area contributed by atoms with Crippen LogP contribution in [0.3, 0.4) is 0 Å². The second-order valence-electron chi connectivity index (χ2n) is 4.66. The van der Waals surface area contributed by atoms with Gasteiger partial charge in [0.05, 0.1) is 0 Å². The molecule has 0 spiro atoms. The molecule has 0 bridgehead atoms. The van der Waals surface area contributed by atoms with Gasteiger partial charge in [0, 0.05) is 23.8 Å². The molecule has 0 unspecified atom stereocenters. The topological polar surface area (TPSA) is 29.3 Å². The first-order valence-corrected chi connectivity index (χ1v) is 6.59. The zero-order valence-corrected chi connectivity index (χ0v) is 10.4. The van der Waals surface area contributed by atoms with E-state index in [0.717, 1.165) is 37.1 Å². The SMILES string of the molecule is ClC1CCC(Nc2cccc3nccn23)CC1. The molecule has 4 heteroatoms. The largest absolute Gasteiger partial charge is 0.368 e. The lowest BCUT2D eigenvalue weighted by atomic mass is 9.95. The Balaban J connectivity index is 1.78. The maximum atomic E-state index is 6.12. The Morgan fingerprint density at radius 2 is 2.06 bits per heavy atom. The summed E-state index contributed by atoms with van der Waals surface area (Å²) in [5, 5.41) is 3.97. The molecule has 17 heavy (non-hydrogen) atoms. The fourth-order valence-corrected chi connectivity index (χ4v) is 2.72. The highest BCUT2D eigenvalue weighted by Gasteiger charge is 2.19. The third kappa shape index (κ3) is 2.25. The number of imidazole rings is 1. The van der Waals surface area contributed by atoms with E-state index in [2.05, 4.69) is 20.8 Å². The van der Waals surface area contributed by atoms with Crippen LogP contribution in [-0.2, 0) is 0 Å². The van der Waals surface area contributed by atoms with Gasteiger partial charge in [-0.1, -0.05) is 6.07 Å². The van der Waals surface area contributed by atoms with Crippen LogP contribution in [0.1, 0.15) is 25.7 Å². The zero-order valence-electron chi connectivity index (χ0n) is 9.64. The Labute approximate surface area is 106 Å². The monoisotopic (exact) mass is 249 g/mol. The van der Waals surface area contributed by atoms with Gasteiger partial charge in [-0.05, 0) is 37.8 Å². The van der Waals surface area contributed by atoms with Crippen molar-refractivity contribution in [2.24, 2.45) is 0 Å². The quantitative estimate of drug-likeness (QED) is 0.828. The lowest BCUT2D eigenvalue weighted by molar-refractivity contribution is 0.467. The minimum atomic E-state index is 0.372. The maximum Gasteiger partial charge on any atom is 0.138 e. The molecule has 1 aliphatic rings. The molecule has 1 N–H and O–H groups in total. The number of aromatic nitrogens is 2. The highest BCUT2D eigenvalue weighted by Crippen LogP contribution is 2.25. The number of nitrogens with zero attached hydrogens (tertiary/aromatic N) is 2. The van der Waals surface area contributed by atoms with Crippen LogP contribution in [0, 0.1) is 0 Å². The van der Waals surface area contributed by atoms with Crippen LogP contribution < -0.4 is 5.32 Å². The Morgan fingerprint density at radius 1 is 1.24 bits per heavy atom. The number of pyridine rings is 1. The number of alkyl halides is 1. The van der Waals surface area contributed by atoms with Crippen LogP contribution >= 0.6 is 11.6 Å². The van der Waals surface area contributed by atoms with Crippen LogP contribution in [0.15, 0.2) is 30.6 Å². The van der Waals surface area contributed by atoms with Crippen molar-refractivity contribution in [3.8, 4) is 0 Å². The number of hydrogen-bond donors (Lipinski definition) is 1. The Morgan fingerprint density at radius 3 is 2.88 bits per heavy atom. The van der Waals surface area contributed by atoms with Gasteiger partial charge in [0.15, 0.2) is 0 Å². The van der Waals surface area contributed by atoms with Crippen molar-refractivity contribution in [2.45, 2.75) is 37.1 Å². The predicted molar refractivity (Wildman–Crippen MR) is 70.7 cm³/mol. The number of fused-ring (bicyclic) bond motifs is 1. The highest BCUT2D eigenvalue weighted by molar-refractivity contribution is 6.20. The fourth-order valence-electron chi connectivity index (χ4n) is 2.47. The van der Waals surface area contributed by atoms with Gasteiger partial charge in [-0.3, -0.25) is 4.40 Å². The van der Waals surface area contributed by atoms with Gasteiger partial charge in [-0.15, -0.1) is 11.6 Å². The lowest BCUT2D eigenvalue weighted by Gasteiger charge is -2.26. The molecule has 2 aromatic heterocycles. The van der Waals surface area contributed by atoms with Gasteiger partial charge < -0.3 is 5.32 Å². The molecule has 0 atom stereocenters. The van der Waals surface area contributed by atoms with Crippen molar-refractivity contribution >= 4 is 23.1 Å². The summed E-state index contributed by atoms with van der Waals surface area (Å²) in [7, 11) is 0. The minimum Gasteiger partial charge on any atom is -0.368 e. The summed E-state index contributed by atoms with van der Waals surface area (Å²) in [6.45, 7) is 0. The minimum absolute atomic E-state index is 0.372. The molecule has 0 radical (unpaired) electrons. The van der Waals surface area contributed by atoms with Crippen molar-refractivity contribution in [1.82, 2.24) is 9.38 Å². The van der Waals surface area contributed by atoms with Crippen LogP contribution in [0.4, 0.5) is 5.82 Å². The van der Waals surface area contributed by atoms with Gasteiger partial charge >= 0.3 is 0 Å². The van der Waals surface area contributed by atoms with E-state index >= 15 is 0 Å². The molecule has 2 heterocycles. The van der Waals surface area contributed by atoms with E-state index in [1.165, 1.54) is 0 Å². The van der Waals surface area contributed by atoms with Gasteiger partial charge in [0.1, 0.15) is 11.5 Å². The van der Waals surface area contributed by atoms with E-state index < -0.39 is 0 Å². The predicted octanol–water partition coefficient (Wildman–Crippen LogP) is 3.30. The van der Waals surface area contributed by atoms with Crippen LogP contribution in [-0.4, -0.2) is 20.8 Å². The molecular weight excluding hydrogens is 234 g/mol. The van der Waals surface area contributed by atoms with Crippen molar-refractivity contribution in [2.75, 3.05) is 5.32 Å². The molecular formula is C13H16ClN3. The Kier molecular flexibility index (Phi) is 2.93. The molecule has 90 valence electrons. The molecule has 3 rings (SSSR count). The normalized spacial score (nSPS) is 25.0. The lowest BCUT2D eigenvalue weighted by Crippen LogP contribution is -2.27. The first kappa shape index (κ1) is 10.9. The van der Waals surface area contributed by atoms with E-state index in [1.807, 2.05) is 24.5 Å². The van der Waals surface area contributed by atoms with E-state index in [4.69, 9.17) is 11.6 Å². The fraction of sp³-hybridized carbons (Fsp3) is 0.462. The maximum absolute atomic E-state index is 6.12. The molecule has 3 nitrogen and oxygen atoms in total. The zero-order chi connectivity index (χ0) is 11.7. The van der Waals surface area contributed by atoms with Gasteiger partial charge in [0.25, 0.3) is 0 Å². The molecule has 0 amide bonds. The summed E-state index contributed by atoms with van der Waals surface area (Å²) in [4.78, 5) is 4.29. The van der Waals surface area contributed by atoms with E-state index in [1.54, 1.807) is 0 Å². The summed E-state index contributed by atoms with van der Waals surface area (Å²) in [5.41, 5.74) is 0.987. The van der Waals surface area contributed by atoms with E-state index in [9.17, 15) is 0 Å². The number of halogens is 1. The number of anilines is 1. The van der Waals surface area contributed by atoms with Crippen molar-refractivity contribution < 1.29 is 0 Å². The molecule has 2 aromatic rings. The summed E-state index contributed by atoms with van der Waals surface area (Å²) < 4.78 is 2.09. The standard InChI is InChI=1S/C13H16ClN3/c14-10-4-6-11(7-5-10)16-13-3-1-2-12-15-8-9-17(12)13/h1-3,8-11,16H,4-7H2. The number of nitrogens with one attached hydrogen (secondary N) is 1. The summed E-state index contributed by atoms with van der Waals surface area (Å²) in [6, 6.07) is 6.69. The van der Waals surface area contributed by atoms with Crippen molar-refractivity contribution in [3.63, 3.8) is 0 Å². The Bertz CT molecular complexity index is 500. The van der Waals surface area contributed by atoms with Crippen molar-refractivity contribution in [1.29, 1.82) is 0 Å². The molecule has 0 aliphatic heterocycles. The third-order valence-electron chi connectivity index (χ3n) is 3.44. The van der Waals surface area contributed by atoms with Crippen LogP contribution in [0.2, 0.25) is 0 Å². The highest BCUT2D eigenvalue weighted by atomic mass is 35.5. The van der Waals surface area contributed by atoms with Gasteiger partial charge in [-0.2, -0.15) is 0 Å². The summed E-state index contributed by atoms with van der Waals surface area (Å²) in [5.74, 6) is 1.12. The number of hydrogen-bond acceptors (Lipinski definition) is 2. The van der Waals surface area contributed by atoms with Crippen LogP contribution in [0.25, 0.3) is 5.65 Å². The average molecular weight is 250 g/mol.